The number of piperidine rings is 1. The van der Waals surface area contributed by atoms with E-state index in [1.807, 2.05) is 59.4 Å². The van der Waals surface area contributed by atoms with Crippen molar-refractivity contribution in [3.05, 3.63) is 78.0 Å². The number of carbonyl (C=O) groups is 1. The molecule has 5 heteroatoms. The zero-order valence-corrected chi connectivity index (χ0v) is 16.9. The second-order valence-electron chi connectivity index (χ2n) is 8.18. The van der Waals surface area contributed by atoms with Crippen LogP contribution in [0.5, 0.6) is 0 Å². The minimum atomic E-state index is -0.0528. The van der Waals surface area contributed by atoms with Crippen molar-refractivity contribution in [1.82, 2.24) is 20.4 Å². The average molecular weight is 389 g/mol. The van der Waals surface area contributed by atoms with Crippen LogP contribution in [0, 0.1) is 5.41 Å². The number of nitrogens with one attached hydrogen (secondary N) is 2. The van der Waals surface area contributed by atoms with E-state index in [9.17, 15) is 4.79 Å². The third-order valence-electron chi connectivity index (χ3n) is 5.73. The van der Waals surface area contributed by atoms with E-state index in [0.717, 1.165) is 42.8 Å². The van der Waals surface area contributed by atoms with Crippen LogP contribution in [0.1, 0.15) is 35.7 Å². The summed E-state index contributed by atoms with van der Waals surface area (Å²) in [4.78, 5) is 13.1. The van der Waals surface area contributed by atoms with Crippen LogP contribution in [0.2, 0.25) is 0 Å². The van der Waals surface area contributed by atoms with E-state index in [2.05, 4.69) is 29.7 Å². The van der Waals surface area contributed by atoms with Gasteiger partial charge in [-0.1, -0.05) is 67.6 Å². The minimum absolute atomic E-state index is 0.0528. The fraction of sp³-hybridized carbons (Fsp3) is 0.333. The van der Waals surface area contributed by atoms with Crippen molar-refractivity contribution in [1.29, 1.82) is 0 Å². The van der Waals surface area contributed by atoms with E-state index >= 15 is 0 Å². The Kier molecular flexibility index (Phi) is 5.76. The molecule has 0 spiro atoms. The molecule has 4 rings (SSSR count). The highest BCUT2D eigenvalue weighted by Crippen LogP contribution is 2.27. The highest BCUT2D eigenvalue weighted by Gasteiger charge is 2.28. The maximum atomic E-state index is 13.1. The van der Waals surface area contributed by atoms with E-state index in [4.69, 9.17) is 5.10 Å². The molecular weight excluding hydrogens is 360 g/mol. The third kappa shape index (κ3) is 4.74. The Labute approximate surface area is 172 Å². The molecular formula is C24H28N4O. The fourth-order valence-electron chi connectivity index (χ4n) is 3.84. The normalized spacial score (nSPS) is 15.8. The van der Waals surface area contributed by atoms with Gasteiger partial charge in [-0.3, -0.25) is 9.48 Å². The molecule has 0 bridgehead atoms. The molecule has 29 heavy (non-hydrogen) atoms. The van der Waals surface area contributed by atoms with E-state index in [1.165, 1.54) is 0 Å². The molecule has 0 radical (unpaired) electrons. The van der Waals surface area contributed by atoms with Crippen molar-refractivity contribution < 1.29 is 4.79 Å². The largest absolute Gasteiger partial charge is 0.351 e. The Morgan fingerprint density at radius 2 is 1.72 bits per heavy atom. The summed E-state index contributed by atoms with van der Waals surface area (Å²) in [6.07, 6.45) is 4.02. The molecule has 0 saturated carbocycles. The van der Waals surface area contributed by atoms with Crippen LogP contribution in [-0.4, -0.2) is 35.3 Å². The second-order valence-corrected chi connectivity index (χ2v) is 8.18. The lowest BCUT2D eigenvalue weighted by Crippen LogP contribution is -2.42. The number of aromatic nitrogens is 2. The highest BCUT2D eigenvalue weighted by molar-refractivity contribution is 5.99. The lowest BCUT2D eigenvalue weighted by atomic mass is 9.81. The maximum Gasteiger partial charge on any atom is 0.255 e. The Morgan fingerprint density at radius 3 is 2.41 bits per heavy atom. The average Bonchev–Trinajstić information content (AvgIpc) is 3.18. The molecule has 0 unspecified atom stereocenters. The van der Waals surface area contributed by atoms with Gasteiger partial charge in [0.1, 0.15) is 5.69 Å². The number of benzene rings is 2. The molecule has 150 valence electrons. The number of carbonyl (C=O) groups excluding carboxylic acids is 1. The number of hydrogen-bond acceptors (Lipinski definition) is 3. The lowest BCUT2D eigenvalue weighted by molar-refractivity contribution is 0.0923. The molecule has 1 aromatic heterocycles. The van der Waals surface area contributed by atoms with Crippen molar-refractivity contribution in [2.75, 3.05) is 19.6 Å². The minimum Gasteiger partial charge on any atom is -0.351 e. The van der Waals surface area contributed by atoms with Gasteiger partial charge in [0, 0.05) is 18.3 Å². The molecule has 1 amide bonds. The summed E-state index contributed by atoms with van der Waals surface area (Å²) in [5.74, 6) is -0.0528. The molecule has 3 aromatic rings. The van der Waals surface area contributed by atoms with Gasteiger partial charge in [0.2, 0.25) is 0 Å². The quantitative estimate of drug-likeness (QED) is 0.677. The molecule has 0 atom stereocenters. The zero-order chi connectivity index (χ0) is 20.1. The van der Waals surface area contributed by atoms with Crippen LogP contribution in [0.25, 0.3) is 11.3 Å². The molecule has 1 saturated heterocycles. The van der Waals surface area contributed by atoms with Crippen LogP contribution in [0.3, 0.4) is 0 Å². The Bertz CT molecular complexity index is 944. The topological polar surface area (TPSA) is 59.0 Å². The zero-order valence-electron chi connectivity index (χ0n) is 16.9. The summed E-state index contributed by atoms with van der Waals surface area (Å²) in [5, 5.41) is 11.3. The van der Waals surface area contributed by atoms with Crippen LogP contribution < -0.4 is 10.6 Å². The smallest absolute Gasteiger partial charge is 0.255 e. The maximum absolute atomic E-state index is 13.1. The van der Waals surface area contributed by atoms with Crippen LogP contribution in [0.4, 0.5) is 0 Å². The number of nitrogens with zero attached hydrogens (tertiary/aromatic N) is 2. The first-order valence-electron chi connectivity index (χ1n) is 10.3. The third-order valence-corrected chi connectivity index (χ3v) is 5.73. The highest BCUT2D eigenvalue weighted by atomic mass is 16.1. The Balaban J connectivity index is 1.57. The van der Waals surface area contributed by atoms with Gasteiger partial charge in [-0.15, -0.1) is 0 Å². The summed E-state index contributed by atoms with van der Waals surface area (Å²) >= 11 is 0. The molecule has 2 N–H and O–H groups in total. The summed E-state index contributed by atoms with van der Waals surface area (Å²) < 4.78 is 1.86. The number of amides is 1. The van der Waals surface area contributed by atoms with Gasteiger partial charge < -0.3 is 10.6 Å². The van der Waals surface area contributed by atoms with Crippen molar-refractivity contribution in [3.8, 4) is 11.3 Å². The molecule has 0 aliphatic carbocycles. The van der Waals surface area contributed by atoms with E-state index in [-0.39, 0.29) is 11.3 Å². The van der Waals surface area contributed by atoms with Crippen LogP contribution >= 0.6 is 0 Å². The number of rotatable bonds is 6. The van der Waals surface area contributed by atoms with Crippen molar-refractivity contribution in [2.24, 2.45) is 5.41 Å². The second kappa shape index (κ2) is 8.62. The monoisotopic (exact) mass is 388 g/mol. The fourth-order valence-corrected chi connectivity index (χ4v) is 3.84. The van der Waals surface area contributed by atoms with Gasteiger partial charge in [0.05, 0.1) is 12.1 Å². The molecule has 1 fully saturated rings. The van der Waals surface area contributed by atoms with Gasteiger partial charge in [-0.25, -0.2) is 0 Å². The van der Waals surface area contributed by atoms with E-state index in [1.54, 1.807) is 0 Å². The molecule has 1 aliphatic heterocycles. The van der Waals surface area contributed by atoms with Gasteiger partial charge >= 0.3 is 0 Å². The predicted molar refractivity (Wildman–Crippen MR) is 116 cm³/mol. The van der Waals surface area contributed by atoms with Gasteiger partial charge in [0.25, 0.3) is 5.91 Å². The lowest BCUT2D eigenvalue weighted by Gasteiger charge is -2.34. The SMILES string of the molecule is CC1(CNC(=O)c2cn(Cc3ccccc3)nc2-c2ccccc2)CCNCC1. The molecule has 2 heterocycles. The standard InChI is InChI=1S/C24H28N4O/c1-24(12-14-25-15-13-24)18-26-23(29)21-17-28(16-19-8-4-2-5-9-19)27-22(21)20-10-6-3-7-11-20/h2-11,17,25H,12-16,18H2,1H3,(H,26,29). The summed E-state index contributed by atoms with van der Waals surface area (Å²) in [6, 6.07) is 20.1. The van der Waals surface area contributed by atoms with Gasteiger partial charge in [-0.2, -0.15) is 5.10 Å². The predicted octanol–water partition coefficient (Wildman–Crippen LogP) is 3.72. The summed E-state index contributed by atoms with van der Waals surface area (Å²) in [7, 11) is 0. The first kappa shape index (κ1) is 19.4. The molecule has 1 aliphatic rings. The summed E-state index contributed by atoms with van der Waals surface area (Å²) in [6.45, 7) is 5.60. The Morgan fingerprint density at radius 1 is 1.07 bits per heavy atom. The molecule has 5 nitrogen and oxygen atoms in total. The van der Waals surface area contributed by atoms with Crippen LogP contribution in [0.15, 0.2) is 66.9 Å². The first-order chi connectivity index (χ1) is 14.1. The van der Waals surface area contributed by atoms with Gasteiger partial charge in [-0.05, 0) is 36.9 Å². The Hall–Kier alpha value is -2.92. The van der Waals surface area contributed by atoms with E-state index < -0.39 is 0 Å². The van der Waals surface area contributed by atoms with E-state index in [0.29, 0.717) is 18.7 Å². The number of hydrogen-bond donors (Lipinski definition) is 2. The van der Waals surface area contributed by atoms with Gasteiger partial charge in [0.15, 0.2) is 0 Å². The van der Waals surface area contributed by atoms with Crippen molar-refractivity contribution in [2.45, 2.75) is 26.3 Å². The first-order valence-corrected chi connectivity index (χ1v) is 10.3. The molecule has 2 aromatic carbocycles. The van der Waals surface area contributed by atoms with Crippen molar-refractivity contribution >= 4 is 5.91 Å². The summed E-state index contributed by atoms with van der Waals surface area (Å²) in [5.41, 5.74) is 3.62. The van der Waals surface area contributed by atoms with Crippen molar-refractivity contribution in [3.63, 3.8) is 0 Å². The van der Waals surface area contributed by atoms with Crippen LogP contribution in [-0.2, 0) is 6.54 Å².